The zero-order valence-corrected chi connectivity index (χ0v) is 12.4. The van der Waals surface area contributed by atoms with Gasteiger partial charge in [-0.3, -0.25) is 19.9 Å². The number of anilines is 1. The van der Waals surface area contributed by atoms with E-state index < -0.39 is 34.9 Å². The summed E-state index contributed by atoms with van der Waals surface area (Å²) in [4.78, 5) is 40.9. The summed E-state index contributed by atoms with van der Waals surface area (Å²) in [7, 11) is 0. The third-order valence-electron chi connectivity index (χ3n) is 2.76. The molecule has 0 aliphatic heterocycles. The average molecular weight is 334 g/mol. The van der Waals surface area contributed by atoms with Crippen LogP contribution in [0, 0.1) is 22.9 Å². The Morgan fingerprint density at radius 2 is 2.08 bits per heavy atom. The van der Waals surface area contributed by atoms with E-state index in [1.165, 1.54) is 12.4 Å². The Bertz CT molecular complexity index is 794. The van der Waals surface area contributed by atoms with Crippen LogP contribution in [-0.2, 0) is 9.53 Å². The van der Waals surface area contributed by atoms with Crippen molar-refractivity contribution in [3.05, 3.63) is 57.9 Å². The van der Waals surface area contributed by atoms with E-state index in [1.54, 1.807) is 6.92 Å². The molecule has 1 aromatic carbocycles. The topological polar surface area (TPSA) is 124 Å². The monoisotopic (exact) mass is 334 g/mol. The van der Waals surface area contributed by atoms with Crippen molar-refractivity contribution in [3.8, 4) is 0 Å². The number of ether oxygens (including phenoxy) is 1. The number of carbonyl (C=O) groups excluding carboxylic acids is 2. The van der Waals surface area contributed by atoms with Crippen LogP contribution in [-0.4, -0.2) is 33.4 Å². The highest BCUT2D eigenvalue weighted by Gasteiger charge is 2.15. The first kappa shape index (κ1) is 16.9. The molecule has 0 atom stereocenters. The van der Waals surface area contributed by atoms with Crippen molar-refractivity contribution >= 4 is 23.3 Å². The van der Waals surface area contributed by atoms with Crippen LogP contribution < -0.4 is 5.32 Å². The molecule has 0 radical (unpaired) electrons. The first-order valence-electron chi connectivity index (χ1n) is 6.56. The van der Waals surface area contributed by atoms with Gasteiger partial charge in [0, 0.05) is 18.3 Å². The first-order chi connectivity index (χ1) is 11.4. The van der Waals surface area contributed by atoms with Crippen LogP contribution in [0.1, 0.15) is 16.2 Å². The van der Waals surface area contributed by atoms with Gasteiger partial charge < -0.3 is 10.1 Å². The van der Waals surface area contributed by atoms with Gasteiger partial charge in [0.25, 0.3) is 11.6 Å². The highest BCUT2D eigenvalue weighted by atomic mass is 19.1. The molecular formula is C14H11FN4O5. The SMILES string of the molecule is Cc1cnc(C(=O)OCC(=O)Nc2cc([N+](=O)[O-])ccc2F)cn1. The van der Waals surface area contributed by atoms with Crippen LogP contribution in [0.4, 0.5) is 15.8 Å². The van der Waals surface area contributed by atoms with Crippen molar-refractivity contribution in [1.82, 2.24) is 9.97 Å². The molecule has 1 heterocycles. The highest BCUT2D eigenvalue weighted by Crippen LogP contribution is 2.21. The molecule has 2 rings (SSSR count). The van der Waals surface area contributed by atoms with E-state index in [2.05, 4.69) is 15.3 Å². The zero-order valence-electron chi connectivity index (χ0n) is 12.4. The van der Waals surface area contributed by atoms with Crippen molar-refractivity contribution in [2.45, 2.75) is 6.92 Å². The quantitative estimate of drug-likeness (QED) is 0.500. The number of esters is 1. The standard InChI is InChI=1S/C14H11FN4O5/c1-8-5-17-12(6-16-8)14(21)24-7-13(20)18-11-4-9(19(22)23)2-3-10(11)15/h2-6H,7H2,1H3,(H,18,20). The van der Waals surface area contributed by atoms with E-state index in [0.29, 0.717) is 5.69 Å². The van der Waals surface area contributed by atoms with Gasteiger partial charge in [-0.25, -0.2) is 14.2 Å². The number of benzene rings is 1. The van der Waals surface area contributed by atoms with Gasteiger partial charge in [0.15, 0.2) is 12.3 Å². The fourth-order valence-electron chi connectivity index (χ4n) is 1.61. The summed E-state index contributed by atoms with van der Waals surface area (Å²) in [6.07, 6.45) is 2.55. The molecule has 124 valence electrons. The average Bonchev–Trinajstić information content (AvgIpc) is 2.55. The molecule has 0 saturated heterocycles. The summed E-state index contributed by atoms with van der Waals surface area (Å²) in [5.41, 5.74) is -0.264. The number of hydrogen-bond donors (Lipinski definition) is 1. The van der Waals surface area contributed by atoms with Crippen LogP contribution in [0.3, 0.4) is 0 Å². The van der Waals surface area contributed by atoms with Crippen molar-refractivity contribution in [2.24, 2.45) is 0 Å². The minimum Gasteiger partial charge on any atom is -0.451 e. The summed E-state index contributed by atoms with van der Waals surface area (Å²) < 4.78 is 18.2. The molecular weight excluding hydrogens is 323 g/mol. The maximum atomic E-state index is 13.5. The summed E-state index contributed by atoms with van der Waals surface area (Å²) in [6, 6.07) is 2.67. The normalized spacial score (nSPS) is 10.1. The molecule has 0 aliphatic carbocycles. The van der Waals surface area contributed by atoms with Gasteiger partial charge in [-0.2, -0.15) is 0 Å². The molecule has 2 aromatic rings. The van der Waals surface area contributed by atoms with Gasteiger partial charge in [-0.1, -0.05) is 0 Å². The van der Waals surface area contributed by atoms with Crippen LogP contribution in [0.15, 0.2) is 30.6 Å². The predicted molar refractivity (Wildman–Crippen MR) is 78.7 cm³/mol. The van der Waals surface area contributed by atoms with Gasteiger partial charge in [0.05, 0.1) is 22.5 Å². The molecule has 0 aliphatic rings. The molecule has 0 unspecified atom stereocenters. The number of nitro groups is 1. The molecule has 0 bridgehead atoms. The fourth-order valence-corrected chi connectivity index (χ4v) is 1.61. The molecule has 0 spiro atoms. The number of non-ortho nitro benzene ring substituents is 1. The smallest absolute Gasteiger partial charge is 0.359 e. The lowest BCUT2D eigenvalue weighted by Gasteiger charge is -2.07. The Balaban J connectivity index is 1.96. The number of aromatic nitrogens is 2. The third kappa shape index (κ3) is 4.29. The molecule has 0 saturated carbocycles. The molecule has 10 heteroatoms. The molecule has 1 aromatic heterocycles. The van der Waals surface area contributed by atoms with E-state index in [-0.39, 0.29) is 11.4 Å². The maximum absolute atomic E-state index is 13.5. The van der Waals surface area contributed by atoms with E-state index >= 15 is 0 Å². The summed E-state index contributed by atoms with van der Waals surface area (Å²) >= 11 is 0. The second-order valence-electron chi connectivity index (χ2n) is 4.59. The third-order valence-corrected chi connectivity index (χ3v) is 2.76. The Morgan fingerprint density at radius 1 is 1.33 bits per heavy atom. The van der Waals surface area contributed by atoms with Gasteiger partial charge in [0.1, 0.15) is 5.82 Å². The molecule has 24 heavy (non-hydrogen) atoms. The minimum atomic E-state index is -0.878. The molecule has 1 N–H and O–H groups in total. The number of rotatable bonds is 5. The number of carbonyl (C=O) groups is 2. The van der Waals surface area contributed by atoms with E-state index in [1.807, 2.05) is 0 Å². The van der Waals surface area contributed by atoms with E-state index in [9.17, 15) is 24.1 Å². The summed E-state index contributed by atoms with van der Waals surface area (Å²) in [5.74, 6) is -2.59. The number of nitro benzene ring substituents is 1. The largest absolute Gasteiger partial charge is 0.451 e. The highest BCUT2D eigenvalue weighted by molar-refractivity contribution is 5.95. The number of nitrogens with one attached hydrogen (secondary N) is 1. The van der Waals surface area contributed by atoms with Gasteiger partial charge >= 0.3 is 5.97 Å². The Hall–Kier alpha value is -3.43. The zero-order chi connectivity index (χ0) is 17.7. The second kappa shape index (κ2) is 7.22. The lowest BCUT2D eigenvalue weighted by molar-refractivity contribution is -0.384. The molecule has 0 fully saturated rings. The van der Waals surface area contributed by atoms with Crippen molar-refractivity contribution in [1.29, 1.82) is 0 Å². The van der Waals surface area contributed by atoms with Crippen molar-refractivity contribution in [2.75, 3.05) is 11.9 Å². The van der Waals surface area contributed by atoms with Gasteiger partial charge in [-0.05, 0) is 13.0 Å². The van der Waals surface area contributed by atoms with E-state index in [0.717, 1.165) is 18.2 Å². The Labute approximate surface area is 134 Å². The maximum Gasteiger partial charge on any atom is 0.359 e. The number of amides is 1. The Morgan fingerprint density at radius 3 is 2.71 bits per heavy atom. The second-order valence-corrected chi connectivity index (χ2v) is 4.59. The van der Waals surface area contributed by atoms with Crippen LogP contribution in [0.2, 0.25) is 0 Å². The minimum absolute atomic E-state index is 0.0880. The van der Waals surface area contributed by atoms with Crippen molar-refractivity contribution < 1.29 is 23.6 Å². The number of halogens is 1. The lowest BCUT2D eigenvalue weighted by atomic mass is 10.2. The van der Waals surface area contributed by atoms with Crippen LogP contribution in [0.5, 0.6) is 0 Å². The number of nitrogens with zero attached hydrogens (tertiary/aromatic N) is 3. The Kier molecular flexibility index (Phi) is 5.09. The van der Waals surface area contributed by atoms with E-state index in [4.69, 9.17) is 4.74 Å². The molecule has 1 amide bonds. The lowest BCUT2D eigenvalue weighted by Crippen LogP contribution is -2.22. The first-order valence-corrected chi connectivity index (χ1v) is 6.56. The van der Waals surface area contributed by atoms with Gasteiger partial charge in [0.2, 0.25) is 0 Å². The predicted octanol–water partition coefficient (Wildman–Crippen LogP) is 1.63. The molecule has 9 nitrogen and oxygen atoms in total. The number of hydrogen-bond acceptors (Lipinski definition) is 7. The number of aryl methyl sites for hydroxylation is 1. The fraction of sp³-hybridized carbons (Fsp3) is 0.143. The van der Waals surface area contributed by atoms with Gasteiger partial charge in [-0.15, -0.1) is 0 Å². The summed E-state index contributed by atoms with van der Waals surface area (Å²) in [6.45, 7) is 0.972. The van der Waals surface area contributed by atoms with Crippen LogP contribution in [0.25, 0.3) is 0 Å². The summed E-state index contributed by atoms with van der Waals surface area (Å²) in [5, 5.41) is 12.7. The van der Waals surface area contributed by atoms with Crippen molar-refractivity contribution in [3.63, 3.8) is 0 Å². The van der Waals surface area contributed by atoms with Crippen LogP contribution >= 0.6 is 0 Å².